The highest BCUT2D eigenvalue weighted by atomic mass is 32.2. The third-order valence-electron chi connectivity index (χ3n) is 3.68. The van der Waals surface area contributed by atoms with Crippen LogP contribution in [0.25, 0.3) is 0 Å². The molecule has 5 heteroatoms. The Morgan fingerprint density at radius 1 is 1.30 bits per heavy atom. The molecule has 0 aliphatic heterocycles. The maximum absolute atomic E-state index is 12.2. The number of amides is 1. The number of Topliss-reactive ketones (excluding diaryl/α,β-unsaturated/α-hetero) is 1. The van der Waals surface area contributed by atoms with Gasteiger partial charge in [-0.25, -0.2) is 0 Å². The fraction of sp³-hybridized carbons (Fsp3) is 0.800. The van der Waals surface area contributed by atoms with E-state index in [1.165, 1.54) is 0 Å². The summed E-state index contributed by atoms with van der Waals surface area (Å²) >= 11 is 0. The summed E-state index contributed by atoms with van der Waals surface area (Å²) in [6.07, 6.45) is 10.7. The quantitative estimate of drug-likeness (QED) is 0.529. The molecule has 0 saturated heterocycles. The van der Waals surface area contributed by atoms with E-state index < -0.39 is 0 Å². The molecule has 0 aromatic rings. The van der Waals surface area contributed by atoms with Crippen LogP contribution in [0.5, 0.6) is 0 Å². The van der Waals surface area contributed by atoms with E-state index >= 15 is 0 Å². The summed E-state index contributed by atoms with van der Waals surface area (Å²) in [5.74, 6) is 0.233. The Hall–Kier alpha value is -0.680. The van der Waals surface area contributed by atoms with Gasteiger partial charge in [0.15, 0.2) is 5.78 Å². The molecule has 1 atom stereocenters. The first-order chi connectivity index (χ1) is 9.54. The van der Waals surface area contributed by atoms with Gasteiger partial charge in [-0.2, -0.15) is 10.5 Å². The minimum Gasteiger partial charge on any atom is -0.346 e. The topological polar surface area (TPSA) is 72.2 Å². The summed E-state index contributed by atoms with van der Waals surface area (Å²) in [5.41, 5.74) is 5.49. The van der Waals surface area contributed by atoms with Crippen LogP contribution in [0.15, 0.2) is 0 Å². The Morgan fingerprint density at radius 2 is 1.95 bits per heavy atom. The Labute approximate surface area is 124 Å². The van der Waals surface area contributed by atoms with Gasteiger partial charge in [0.05, 0.1) is 6.04 Å². The van der Waals surface area contributed by atoms with Crippen molar-refractivity contribution in [3.05, 3.63) is 0 Å². The predicted molar refractivity (Wildman–Crippen MR) is 87.3 cm³/mol. The van der Waals surface area contributed by atoms with E-state index in [-0.39, 0.29) is 34.1 Å². The normalized spacial score (nSPS) is 17.2. The van der Waals surface area contributed by atoms with E-state index in [9.17, 15) is 9.59 Å². The number of nitrogens with one attached hydrogen (secondary N) is 1. The summed E-state index contributed by atoms with van der Waals surface area (Å²) in [7, 11) is -0.0409. The van der Waals surface area contributed by atoms with Crippen LogP contribution >= 0.6 is 10.5 Å². The van der Waals surface area contributed by atoms with Crippen LogP contribution in [0.1, 0.15) is 44.9 Å². The third kappa shape index (κ3) is 6.18. The van der Waals surface area contributed by atoms with Crippen molar-refractivity contribution in [1.82, 2.24) is 5.32 Å². The first-order valence-electron chi connectivity index (χ1n) is 7.50. The summed E-state index contributed by atoms with van der Waals surface area (Å²) in [4.78, 5) is 24.4. The third-order valence-corrected chi connectivity index (χ3v) is 4.39. The Kier molecular flexibility index (Phi) is 8.07. The van der Waals surface area contributed by atoms with Crippen molar-refractivity contribution >= 4 is 27.5 Å². The van der Waals surface area contributed by atoms with Crippen molar-refractivity contribution < 1.29 is 9.59 Å². The fourth-order valence-electron chi connectivity index (χ4n) is 2.57. The van der Waals surface area contributed by atoms with Gasteiger partial charge in [-0.05, 0) is 51.2 Å². The number of carbonyl (C=O) groups excluding carboxylic acids is 2. The minimum atomic E-state index is -0.357. The summed E-state index contributed by atoms with van der Waals surface area (Å²) < 4.78 is 0. The number of hydrogen-bond donors (Lipinski definition) is 2. The van der Waals surface area contributed by atoms with E-state index in [1.54, 1.807) is 5.37 Å². The highest BCUT2D eigenvalue weighted by molar-refractivity contribution is 8.14. The molecule has 0 heterocycles. The van der Waals surface area contributed by atoms with E-state index in [0.29, 0.717) is 13.0 Å². The second-order valence-corrected chi connectivity index (χ2v) is 7.72. The van der Waals surface area contributed by atoms with Crippen molar-refractivity contribution in [3.63, 3.8) is 0 Å². The first kappa shape index (κ1) is 17.4. The van der Waals surface area contributed by atoms with Gasteiger partial charge >= 0.3 is 0 Å². The molecular weight excluding hydrogens is 272 g/mol. The predicted octanol–water partition coefficient (Wildman–Crippen LogP) is 1.69. The van der Waals surface area contributed by atoms with Crippen molar-refractivity contribution in [2.24, 2.45) is 11.7 Å². The van der Waals surface area contributed by atoms with Gasteiger partial charge in [-0.3, -0.25) is 9.59 Å². The number of hydrogen-bond acceptors (Lipinski definition) is 3. The molecule has 0 unspecified atom stereocenters. The molecule has 1 saturated carbocycles. The second kappa shape index (κ2) is 9.29. The van der Waals surface area contributed by atoms with Crippen molar-refractivity contribution in [1.29, 1.82) is 0 Å². The van der Waals surface area contributed by atoms with Gasteiger partial charge in [-0.1, -0.05) is 12.8 Å². The maximum atomic E-state index is 12.2. The highest BCUT2D eigenvalue weighted by Crippen LogP contribution is 2.25. The van der Waals surface area contributed by atoms with E-state index in [0.717, 1.165) is 38.5 Å². The zero-order valence-corrected chi connectivity index (χ0v) is 13.5. The molecule has 0 spiro atoms. The SMILES string of the molecule is CS(C)=CC(=O)[C@H](CCCCN)NC(=O)C1CCCC1. The lowest BCUT2D eigenvalue weighted by Gasteiger charge is -2.19. The van der Waals surface area contributed by atoms with Gasteiger partial charge in [-0.15, -0.1) is 0 Å². The Bertz CT molecular complexity index is 359. The van der Waals surface area contributed by atoms with Crippen LogP contribution in [-0.4, -0.2) is 42.2 Å². The lowest BCUT2D eigenvalue weighted by Crippen LogP contribution is -2.43. The van der Waals surface area contributed by atoms with E-state index in [2.05, 4.69) is 5.32 Å². The molecule has 0 radical (unpaired) electrons. The van der Waals surface area contributed by atoms with Gasteiger partial charge in [0, 0.05) is 11.3 Å². The van der Waals surface area contributed by atoms with Crippen LogP contribution in [0, 0.1) is 5.92 Å². The number of nitrogens with two attached hydrogens (primary N) is 1. The van der Waals surface area contributed by atoms with Gasteiger partial charge in [0.2, 0.25) is 5.91 Å². The minimum absolute atomic E-state index is 0.0409. The lowest BCUT2D eigenvalue weighted by molar-refractivity contribution is -0.128. The van der Waals surface area contributed by atoms with Gasteiger partial charge in [0.1, 0.15) is 0 Å². The molecule has 1 aliphatic rings. The van der Waals surface area contributed by atoms with Gasteiger partial charge in [0.25, 0.3) is 0 Å². The van der Waals surface area contributed by atoms with Crippen LogP contribution in [0.3, 0.4) is 0 Å². The molecule has 1 aliphatic carbocycles. The average Bonchev–Trinajstić information content (AvgIpc) is 2.90. The standard InChI is InChI=1S/C15H28N2O2S/c1-20(2)11-14(18)13(9-5-6-10-16)17-15(19)12-7-3-4-8-12/h11-13H,3-10,16H2,1-2H3,(H,17,19)/t13-/m0/s1. The summed E-state index contributed by atoms with van der Waals surface area (Å²) in [5, 5.41) is 4.71. The molecule has 3 N–H and O–H groups in total. The van der Waals surface area contributed by atoms with Crippen molar-refractivity contribution in [2.75, 3.05) is 19.1 Å². The molecule has 0 aromatic heterocycles. The molecule has 1 fully saturated rings. The maximum Gasteiger partial charge on any atom is 0.223 e. The molecule has 1 amide bonds. The number of ketones is 1. The summed E-state index contributed by atoms with van der Waals surface area (Å²) in [6.45, 7) is 0.632. The molecular formula is C15H28N2O2S. The van der Waals surface area contributed by atoms with Crippen LogP contribution in [0.4, 0.5) is 0 Å². The van der Waals surface area contributed by atoms with Crippen LogP contribution < -0.4 is 11.1 Å². The molecule has 116 valence electrons. The zero-order valence-electron chi connectivity index (χ0n) is 12.7. The number of carbonyl (C=O) groups is 2. The monoisotopic (exact) mass is 300 g/mol. The largest absolute Gasteiger partial charge is 0.346 e. The zero-order chi connectivity index (χ0) is 15.0. The molecule has 4 nitrogen and oxygen atoms in total. The van der Waals surface area contributed by atoms with Crippen molar-refractivity contribution in [3.8, 4) is 0 Å². The van der Waals surface area contributed by atoms with E-state index in [4.69, 9.17) is 5.73 Å². The Balaban J connectivity index is 2.58. The smallest absolute Gasteiger partial charge is 0.223 e. The molecule has 20 heavy (non-hydrogen) atoms. The lowest BCUT2D eigenvalue weighted by atomic mass is 10.0. The highest BCUT2D eigenvalue weighted by Gasteiger charge is 2.26. The van der Waals surface area contributed by atoms with Gasteiger partial charge < -0.3 is 11.1 Å². The first-order valence-corrected chi connectivity index (χ1v) is 9.60. The number of unbranched alkanes of at least 4 members (excludes halogenated alkanes) is 1. The average molecular weight is 300 g/mol. The Morgan fingerprint density at radius 3 is 2.50 bits per heavy atom. The molecule has 0 bridgehead atoms. The summed E-state index contributed by atoms with van der Waals surface area (Å²) in [6, 6.07) is -0.357. The van der Waals surface area contributed by atoms with Crippen LogP contribution in [0.2, 0.25) is 0 Å². The van der Waals surface area contributed by atoms with Crippen molar-refractivity contribution in [2.45, 2.75) is 51.0 Å². The molecule has 1 rings (SSSR count). The molecule has 0 aromatic carbocycles. The second-order valence-electron chi connectivity index (χ2n) is 5.73. The number of rotatable bonds is 8. The fourth-order valence-corrected chi connectivity index (χ4v) is 3.20. The van der Waals surface area contributed by atoms with Crippen LogP contribution in [-0.2, 0) is 9.59 Å². The van der Waals surface area contributed by atoms with E-state index in [1.807, 2.05) is 12.5 Å².